The Kier molecular flexibility index (Phi) is 4.44. The Labute approximate surface area is 176 Å². The Morgan fingerprint density at radius 1 is 1.13 bits per heavy atom. The fourth-order valence-electron chi connectivity index (χ4n) is 3.92. The number of amides is 1. The number of fused-ring (bicyclic) bond motifs is 1. The monoisotopic (exact) mass is 404 g/mol. The van der Waals surface area contributed by atoms with E-state index in [1.807, 2.05) is 55.5 Å². The average Bonchev–Trinajstić information content (AvgIpc) is 3.45. The maximum absolute atomic E-state index is 13.1. The van der Waals surface area contributed by atoms with E-state index in [-0.39, 0.29) is 20.7 Å². The second-order valence-corrected chi connectivity index (χ2v) is 7.84. The Morgan fingerprint density at radius 2 is 1.90 bits per heavy atom. The molecule has 1 saturated carbocycles. The Bertz CT molecular complexity index is 1130. The Morgan fingerprint density at radius 3 is 2.60 bits per heavy atom. The fourth-order valence-corrected chi connectivity index (χ4v) is 3.92. The Hall–Kier alpha value is -3.38. The van der Waals surface area contributed by atoms with Gasteiger partial charge in [-0.2, -0.15) is 0 Å². The second kappa shape index (κ2) is 7.15. The standard InChI is InChI=1S/C24H22N2O4.H2/c1-15-10-22(25-12-19(15)17-4-2-16(13-27)3-5-17)26-23(28)24(8-9-24)18-6-7-20-21(11-18)30-14-29-20;/h2-7,10-12,27H,8-9,13-14H2,1H3,(H,25,26,28);1H. The van der Waals surface area contributed by atoms with Crippen LogP contribution in [0.5, 0.6) is 11.5 Å². The summed E-state index contributed by atoms with van der Waals surface area (Å²) >= 11 is 0. The zero-order valence-electron chi connectivity index (χ0n) is 16.6. The van der Waals surface area contributed by atoms with Crippen LogP contribution in [-0.4, -0.2) is 22.8 Å². The van der Waals surface area contributed by atoms with Gasteiger partial charge in [-0.25, -0.2) is 4.98 Å². The average molecular weight is 404 g/mol. The van der Waals surface area contributed by atoms with Crippen LogP contribution in [0.2, 0.25) is 0 Å². The van der Waals surface area contributed by atoms with Crippen LogP contribution >= 0.6 is 0 Å². The molecule has 3 aromatic rings. The second-order valence-electron chi connectivity index (χ2n) is 7.84. The molecule has 1 aromatic heterocycles. The van der Waals surface area contributed by atoms with Crippen molar-refractivity contribution in [2.45, 2.75) is 31.8 Å². The van der Waals surface area contributed by atoms with E-state index < -0.39 is 5.41 Å². The topological polar surface area (TPSA) is 80.7 Å². The molecule has 6 heteroatoms. The number of carbonyl (C=O) groups excluding carboxylic acids is 1. The van der Waals surface area contributed by atoms with E-state index >= 15 is 0 Å². The van der Waals surface area contributed by atoms with E-state index in [4.69, 9.17) is 9.47 Å². The quantitative estimate of drug-likeness (QED) is 0.666. The van der Waals surface area contributed by atoms with Gasteiger partial charge in [-0.3, -0.25) is 4.79 Å². The molecule has 0 bridgehead atoms. The predicted molar refractivity (Wildman–Crippen MR) is 115 cm³/mol. The number of hydrogen-bond donors (Lipinski definition) is 2. The van der Waals surface area contributed by atoms with Gasteiger partial charge in [0.05, 0.1) is 12.0 Å². The summed E-state index contributed by atoms with van der Waals surface area (Å²) in [5, 5.41) is 12.2. The summed E-state index contributed by atoms with van der Waals surface area (Å²) in [6.45, 7) is 2.24. The lowest BCUT2D eigenvalue weighted by Crippen LogP contribution is -2.28. The highest BCUT2D eigenvalue weighted by atomic mass is 16.7. The third kappa shape index (κ3) is 3.19. The first-order chi connectivity index (χ1) is 14.6. The molecule has 0 atom stereocenters. The van der Waals surface area contributed by atoms with Crippen LogP contribution in [0.15, 0.2) is 54.7 Å². The molecule has 1 fully saturated rings. The number of anilines is 1. The largest absolute Gasteiger partial charge is 0.454 e. The van der Waals surface area contributed by atoms with Crippen LogP contribution < -0.4 is 14.8 Å². The van der Waals surface area contributed by atoms with Gasteiger partial charge in [0.2, 0.25) is 12.7 Å². The lowest BCUT2D eigenvalue weighted by molar-refractivity contribution is -0.118. The summed E-state index contributed by atoms with van der Waals surface area (Å²) in [5.41, 5.74) is 4.32. The van der Waals surface area contributed by atoms with Gasteiger partial charge in [0.25, 0.3) is 0 Å². The lowest BCUT2D eigenvalue weighted by atomic mass is 9.94. The molecule has 2 aromatic carbocycles. The van der Waals surface area contributed by atoms with E-state index in [9.17, 15) is 9.90 Å². The van der Waals surface area contributed by atoms with Gasteiger partial charge in [0, 0.05) is 13.2 Å². The number of rotatable bonds is 5. The first kappa shape index (κ1) is 18.6. The van der Waals surface area contributed by atoms with Gasteiger partial charge in [0.15, 0.2) is 11.5 Å². The normalized spacial score (nSPS) is 15.7. The summed E-state index contributed by atoms with van der Waals surface area (Å²) in [6, 6.07) is 15.3. The molecule has 2 aliphatic rings. The first-order valence-electron chi connectivity index (χ1n) is 9.97. The van der Waals surface area contributed by atoms with Gasteiger partial charge in [-0.05, 0) is 60.2 Å². The smallest absolute Gasteiger partial charge is 0.236 e. The van der Waals surface area contributed by atoms with Crippen LogP contribution in [0.1, 0.15) is 31.0 Å². The van der Waals surface area contributed by atoms with E-state index in [1.165, 1.54) is 0 Å². The molecule has 1 aliphatic heterocycles. The highest BCUT2D eigenvalue weighted by molar-refractivity contribution is 6.01. The van der Waals surface area contributed by atoms with Gasteiger partial charge < -0.3 is 19.9 Å². The van der Waals surface area contributed by atoms with Crippen molar-refractivity contribution in [2.75, 3.05) is 12.1 Å². The highest BCUT2D eigenvalue weighted by Gasteiger charge is 2.51. The molecular formula is C24H24N2O4. The van der Waals surface area contributed by atoms with Crippen molar-refractivity contribution in [3.63, 3.8) is 0 Å². The third-order valence-corrected chi connectivity index (χ3v) is 5.91. The zero-order valence-corrected chi connectivity index (χ0v) is 16.6. The molecule has 2 N–H and O–H groups in total. The van der Waals surface area contributed by atoms with Gasteiger partial charge in [-0.1, -0.05) is 30.3 Å². The van der Waals surface area contributed by atoms with Crippen LogP contribution in [0.25, 0.3) is 11.1 Å². The number of aliphatic hydroxyl groups is 1. The number of ether oxygens (including phenoxy) is 2. The summed E-state index contributed by atoms with van der Waals surface area (Å²) in [5.74, 6) is 1.90. The maximum Gasteiger partial charge on any atom is 0.236 e. The SMILES string of the molecule is Cc1cc(NC(=O)C2(c3ccc4c(c3)OCO4)CC2)ncc1-c1ccc(CO)cc1.[HH]. The molecule has 1 aliphatic carbocycles. The lowest BCUT2D eigenvalue weighted by Gasteiger charge is -2.16. The van der Waals surface area contributed by atoms with E-state index in [0.717, 1.165) is 46.4 Å². The maximum atomic E-state index is 13.1. The molecule has 30 heavy (non-hydrogen) atoms. The van der Waals surface area contributed by atoms with Gasteiger partial charge in [0.1, 0.15) is 5.82 Å². The van der Waals surface area contributed by atoms with Crippen molar-refractivity contribution in [3.8, 4) is 22.6 Å². The number of aryl methyl sites for hydroxylation is 1. The summed E-state index contributed by atoms with van der Waals surface area (Å²) in [7, 11) is 0. The van der Waals surface area contributed by atoms with Crippen molar-refractivity contribution in [2.24, 2.45) is 0 Å². The van der Waals surface area contributed by atoms with E-state index in [1.54, 1.807) is 6.20 Å². The molecule has 1 amide bonds. The molecule has 0 radical (unpaired) electrons. The number of aliphatic hydroxyl groups excluding tert-OH is 1. The van der Waals surface area contributed by atoms with Crippen LogP contribution in [-0.2, 0) is 16.8 Å². The minimum Gasteiger partial charge on any atom is -0.454 e. The van der Waals surface area contributed by atoms with E-state index in [2.05, 4.69) is 10.3 Å². The van der Waals surface area contributed by atoms with Crippen molar-refractivity contribution in [1.29, 1.82) is 0 Å². The van der Waals surface area contributed by atoms with Gasteiger partial charge >= 0.3 is 0 Å². The summed E-state index contributed by atoms with van der Waals surface area (Å²) < 4.78 is 10.8. The van der Waals surface area contributed by atoms with Crippen LogP contribution in [0.4, 0.5) is 5.82 Å². The molecule has 6 nitrogen and oxygen atoms in total. The van der Waals surface area contributed by atoms with Crippen molar-refractivity contribution < 1.29 is 20.8 Å². The molecule has 2 heterocycles. The number of nitrogens with one attached hydrogen (secondary N) is 1. The third-order valence-electron chi connectivity index (χ3n) is 5.91. The summed E-state index contributed by atoms with van der Waals surface area (Å²) in [6.07, 6.45) is 3.37. The number of hydrogen-bond acceptors (Lipinski definition) is 5. The fraction of sp³-hybridized carbons (Fsp3) is 0.250. The molecule has 0 saturated heterocycles. The Balaban J connectivity index is 0.00000231. The van der Waals surface area contributed by atoms with Crippen molar-refractivity contribution >= 4 is 11.7 Å². The number of carbonyl (C=O) groups is 1. The molecule has 0 unspecified atom stereocenters. The number of nitrogens with zero attached hydrogens (tertiary/aromatic N) is 1. The van der Waals surface area contributed by atoms with E-state index in [0.29, 0.717) is 11.6 Å². The highest BCUT2D eigenvalue weighted by Crippen LogP contribution is 2.51. The summed E-state index contributed by atoms with van der Waals surface area (Å²) in [4.78, 5) is 17.6. The molecule has 0 spiro atoms. The first-order valence-corrected chi connectivity index (χ1v) is 9.97. The van der Waals surface area contributed by atoms with Crippen molar-refractivity contribution in [3.05, 3.63) is 71.4 Å². The minimum atomic E-state index is -0.532. The van der Waals surface area contributed by atoms with Crippen molar-refractivity contribution in [1.82, 2.24) is 4.98 Å². The number of aromatic nitrogens is 1. The number of pyridine rings is 1. The van der Waals surface area contributed by atoms with Crippen LogP contribution in [0, 0.1) is 6.92 Å². The number of benzene rings is 2. The molecule has 154 valence electrons. The zero-order chi connectivity index (χ0) is 20.7. The molecular weight excluding hydrogens is 380 g/mol. The minimum absolute atomic E-state index is 0. The predicted octanol–water partition coefficient (Wildman–Crippen LogP) is 4.19. The van der Waals surface area contributed by atoms with Gasteiger partial charge in [-0.15, -0.1) is 0 Å². The van der Waals surface area contributed by atoms with Crippen LogP contribution in [0.3, 0.4) is 0 Å². The molecule has 5 rings (SSSR count).